The lowest BCUT2D eigenvalue weighted by atomic mass is 10.1. The second-order valence-electron chi connectivity index (χ2n) is 4.50. The fraction of sp³-hybridized carbons (Fsp3) is 0.200. The van der Waals surface area contributed by atoms with Gasteiger partial charge in [0.15, 0.2) is 0 Å². The minimum absolute atomic E-state index is 0.0120. The number of nitrogens with one attached hydrogen (secondary N) is 1. The van der Waals surface area contributed by atoms with Crippen LogP contribution >= 0.6 is 0 Å². The van der Waals surface area contributed by atoms with Crippen LogP contribution in [0.15, 0.2) is 28.7 Å². The van der Waals surface area contributed by atoms with E-state index in [1.165, 1.54) is 25.3 Å². The van der Waals surface area contributed by atoms with E-state index in [2.05, 4.69) is 5.32 Å². The van der Waals surface area contributed by atoms with Crippen molar-refractivity contribution in [1.82, 2.24) is 0 Å². The summed E-state index contributed by atoms with van der Waals surface area (Å²) in [7, 11) is 1.46. The van der Waals surface area contributed by atoms with E-state index < -0.39 is 11.9 Å². The van der Waals surface area contributed by atoms with Gasteiger partial charge in [0.2, 0.25) is 0 Å². The summed E-state index contributed by atoms with van der Waals surface area (Å²) in [5, 5.41) is 11.7. The van der Waals surface area contributed by atoms with E-state index in [0.29, 0.717) is 22.8 Å². The van der Waals surface area contributed by atoms with Gasteiger partial charge in [0, 0.05) is 6.07 Å². The molecule has 0 unspecified atom stereocenters. The van der Waals surface area contributed by atoms with Crippen LogP contribution in [0, 0.1) is 13.8 Å². The van der Waals surface area contributed by atoms with Gasteiger partial charge in [0.25, 0.3) is 5.91 Å². The molecule has 0 aliphatic heterocycles. The van der Waals surface area contributed by atoms with Crippen LogP contribution < -0.4 is 10.1 Å². The molecule has 1 aromatic heterocycles. The summed E-state index contributed by atoms with van der Waals surface area (Å²) in [4.78, 5) is 23.4. The molecule has 0 spiro atoms. The number of aromatic carboxylic acids is 1. The summed E-state index contributed by atoms with van der Waals surface area (Å²) < 4.78 is 10.3. The minimum Gasteiger partial charge on any atom is -0.497 e. The Bertz CT molecular complexity index is 702. The van der Waals surface area contributed by atoms with E-state index in [4.69, 9.17) is 14.3 Å². The summed E-state index contributed by atoms with van der Waals surface area (Å²) in [6.07, 6.45) is 0. The molecule has 1 heterocycles. The molecule has 2 aromatic rings. The van der Waals surface area contributed by atoms with Crippen molar-refractivity contribution >= 4 is 17.6 Å². The quantitative estimate of drug-likeness (QED) is 0.903. The Morgan fingerprint density at radius 2 is 1.90 bits per heavy atom. The predicted molar refractivity (Wildman–Crippen MR) is 76.1 cm³/mol. The van der Waals surface area contributed by atoms with Crippen molar-refractivity contribution in [2.45, 2.75) is 13.8 Å². The number of benzene rings is 1. The highest BCUT2D eigenvalue weighted by molar-refractivity contribution is 6.08. The van der Waals surface area contributed by atoms with Crippen molar-refractivity contribution in [3.8, 4) is 5.75 Å². The molecule has 21 heavy (non-hydrogen) atoms. The van der Waals surface area contributed by atoms with Gasteiger partial charge in [0.1, 0.15) is 17.3 Å². The van der Waals surface area contributed by atoms with E-state index in [0.717, 1.165) is 0 Å². The van der Waals surface area contributed by atoms with E-state index in [1.807, 2.05) is 0 Å². The number of amides is 1. The predicted octanol–water partition coefficient (Wildman–Crippen LogP) is 2.86. The number of carbonyl (C=O) groups is 2. The molecule has 2 N–H and O–H groups in total. The van der Waals surface area contributed by atoms with Gasteiger partial charge in [0.05, 0.1) is 23.9 Å². The molecular weight excluding hydrogens is 274 g/mol. The van der Waals surface area contributed by atoms with Crippen molar-refractivity contribution in [3.63, 3.8) is 0 Å². The lowest BCUT2D eigenvalue weighted by molar-refractivity contribution is 0.0698. The Kier molecular flexibility index (Phi) is 3.98. The summed E-state index contributed by atoms with van der Waals surface area (Å²) in [5.41, 5.74) is 0.527. The number of methoxy groups -OCH3 is 1. The van der Waals surface area contributed by atoms with E-state index in [9.17, 15) is 9.59 Å². The molecule has 0 aliphatic rings. The smallest absolute Gasteiger partial charge is 0.337 e. The molecule has 1 aromatic carbocycles. The van der Waals surface area contributed by atoms with Crippen molar-refractivity contribution in [1.29, 1.82) is 0 Å². The largest absolute Gasteiger partial charge is 0.497 e. The molecule has 6 heteroatoms. The zero-order valence-electron chi connectivity index (χ0n) is 11.9. The van der Waals surface area contributed by atoms with Crippen molar-refractivity contribution in [2.75, 3.05) is 12.4 Å². The molecule has 2 rings (SSSR count). The van der Waals surface area contributed by atoms with Gasteiger partial charge in [-0.1, -0.05) is 0 Å². The SMILES string of the molecule is COc1ccc(C(=O)O)c(NC(=O)c2cc(C)oc2C)c1. The molecule has 0 aliphatic carbocycles. The first kappa shape index (κ1) is 14.6. The first-order valence-corrected chi connectivity index (χ1v) is 6.22. The molecule has 0 fully saturated rings. The van der Waals surface area contributed by atoms with Crippen LogP contribution in [0.3, 0.4) is 0 Å². The molecule has 6 nitrogen and oxygen atoms in total. The Morgan fingerprint density at radius 1 is 1.19 bits per heavy atom. The lowest BCUT2D eigenvalue weighted by Gasteiger charge is -2.10. The van der Waals surface area contributed by atoms with Gasteiger partial charge in [-0.2, -0.15) is 0 Å². The Labute approximate surface area is 121 Å². The van der Waals surface area contributed by atoms with Gasteiger partial charge < -0.3 is 19.6 Å². The highest BCUT2D eigenvalue weighted by Crippen LogP contribution is 2.24. The van der Waals surface area contributed by atoms with Gasteiger partial charge in [-0.05, 0) is 32.0 Å². The fourth-order valence-electron chi connectivity index (χ4n) is 1.99. The maximum atomic E-state index is 12.2. The average molecular weight is 289 g/mol. The van der Waals surface area contributed by atoms with Crippen LogP contribution in [0.25, 0.3) is 0 Å². The van der Waals surface area contributed by atoms with Crippen molar-refractivity contribution < 1.29 is 23.8 Å². The number of rotatable bonds is 4. The Hall–Kier alpha value is -2.76. The number of hydrogen-bond donors (Lipinski definition) is 2. The van der Waals surface area contributed by atoms with Crippen LogP contribution in [0.2, 0.25) is 0 Å². The molecule has 0 saturated heterocycles. The highest BCUT2D eigenvalue weighted by atomic mass is 16.5. The number of carboxylic acids is 1. The number of ether oxygens (including phenoxy) is 1. The summed E-state index contributed by atoms with van der Waals surface area (Å²) >= 11 is 0. The lowest BCUT2D eigenvalue weighted by Crippen LogP contribution is -2.15. The normalized spacial score (nSPS) is 10.2. The standard InChI is InChI=1S/C15H15NO5/c1-8-6-12(9(2)21-8)14(17)16-13-7-10(20-3)4-5-11(13)15(18)19/h4-7H,1-3H3,(H,16,17)(H,18,19). The maximum absolute atomic E-state index is 12.2. The number of anilines is 1. The molecule has 1 amide bonds. The number of carboxylic acid groups (broad SMARTS) is 1. The minimum atomic E-state index is -1.13. The Morgan fingerprint density at radius 3 is 2.43 bits per heavy atom. The summed E-state index contributed by atoms with van der Waals surface area (Å²) in [5.74, 6) is -0.0185. The first-order valence-electron chi connectivity index (χ1n) is 6.22. The van der Waals surface area contributed by atoms with Crippen molar-refractivity contribution in [3.05, 3.63) is 46.9 Å². The number of furan rings is 1. The zero-order chi connectivity index (χ0) is 15.6. The molecule has 110 valence electrons. The molecule has 0 radical (unpaired) electrons. The molecular formula is C15H15NO5. The van der Waals surface area contributed by atoms with E-state index >= 15 is 0 Å². The second-order valence-corrected chi connectivity index (χ2v) is 4.50. The van der Waals surface area contributed by atoms with Crippen LogP contribution in [-0.2, 0) is 0 Å². The highest BCUT2D eigenvalue weighted by Gasteiger charge is 2.17. The molecule has 0 atom stereocenters. The summed E-state index contributed by atoms with van der Waals surface area (Å²) in [6, 6.07) is 5.96. The van der Waals surface area contributed by atoms with Crippen LogP contribution in [0.1, 0.15) is 32.2 Å². The maximum Gasteiger partial charge on any atom is 0.337 e. The van der Waals surface area contributed by atoms with Crippen LogP contribution in [0.4, 0.5) is 5.69 Å². The van der Waals surface area contributed by atoms with Gasteiger partial charge >= 0.3 is 5.97 Å². The number of carbonyl (C=O) groups excluding carboxylic acids is 1. The van der Waals surface area contributed by atoms with E-state index in [-0.39, 0.29) is 11.3 Å². The number of hydrogen-bond acceptors (Lipinski definition) is 4. The van der Waals surface area contributed by atoms with E-state index in [1.54, 1.807) is 19.9 Å². The topological polar surface area (TPSA) is 88.8 Å². The number of aryl methyl sites for hydroxylation is 2. The summed E-state index contributed by atoms with van der Waals surface area (Å²) in [6.45, 7) is 3.41. The third-order valence-electron chi connectivity index (χ3n) is 2.99. The second kappa shape index (κ2) is 5.70. The van der Waals surface area contributed by atoms with Crippen LogP contribution in [0.5, 0.6) is 5.75 Å². The molecule has 0 bridgehead atoms. The van der Waals surface area contributed by atoms with Crippen molar-refractivity contribution in [2.24, 2.45) is 0 Å². The Balaban J connectivity index is 2.35. The third kappa shape index (κ3) is 3.05. The van der Waals surface area contributed by atoms with Crippen LogP contribution in [-0.4, -0.2) is 24.1 Å². The van der Waals surface area contributed by atoms with Gasteiger partial charge in [-0.15, -0.1) is 0 Å². The first-order chi connectivity index (χ1) is 9.92. The average Bonchev–Trinajstić information content (AvgIpc) is 2.77. The zero-order valence-corrected chi connectivity index (χ0v) is 11.9. The van der Waals surface area contributed by atoms with Gasteiger partial charge in [-0.3, -0.25) is 4.79 Å². The third-order valence-corrected chi connectivity index (χ3v) is 2.99. The monoisotopic (exact) mass is 289 g/mol. The molecule has 0 saturated carbocycles. The fourth-order valence-corrected chi connectivity index (χ4v) is 1.99. The van der Waals surface area contributed by atoms with Gasteiger partial charge in [-0.25, -0.2) is 4.79 Å².